The zero-order valence-corrected chi connectivity index (χ0v) is 25.4. The Kier molecular flexibility index (Phi) is 4.04. The SMILES string of the molecule is [2H]c1cc2c(oc3c([2H])c(-c4ccc5ccccc5c4)c([2H])c(-c4nc(-c5ccc6ccccc6c5)nc(-c5c([2H])c([2H])c6c([2H])c([2H])c([2H])c([2H])c6c5[2H])n4)c32)c([2H])c1[2H]. The molecule has 0 saturated carbocycles. The molecule has 4 heteroatoms. The molecular weight excluding hydrogens is 599 g/mol. The first-order valence-electron chi connectivity index (χ1n) is 21.5. The van der Waals surface area contributed by atoms with Crippen molar-refractivity contribution >= 4 is 54.3 Å². The summed E-state index contributed by atoms with van der Waals surface area (Å²) in [5.74, 6) is -0.449. The lowest BCUT2D eigenvalue weighted by atomic mass is 9.96. The van der Waals surface area contributed by atoms with Crippen LogP contribution in [0.5, 0.6) is 0 Å². The summed E-state index contributed by atoms with van der Waals surface area (Å²) in [6.07, 6.45) is 0. The second-order valence-electron chi connectivity index (χ2n) is 11.5. The second kappa shape index (κ2) is 11.0. The Balaban J connectivity index is 1.37. The van der Waals surface area contributed by atoms with E-state index in [0.717, 1.165) is 21.5 Å². The highest BCUT2D eigenvalue weighted by atomic mass is 16.3. The number of benzene rings is 8. The zero-order valence-electron chi connectivity index (χ0n) is 37.4. The molecule has 10 rings (SSSR count). The molecule has 0 aliphatic carbocycles. The molecule has 0 radical (unpaired) electrons. The Labute approximate surface area is 298 Å². The minimum atomic E-state index is -0.620. The summed E-state index contributed by atoms with van der Waals surface area (Å²) in [6, 6.07) is 22.0. The number of fused-ring (bicyclic) bond motifs is 6. The van der Waals surface area contributed by atoms with Crippen LogP contribution in [0, 0.1) is 0 Å². The molecule has 2 heterocycles. The van der Waals surface area contributed by atoms with Crippen LogP contribution in [0.3, 0.4) is 0 Å². The Morgan fingerprint density at radius 1 is 0.429 bits per heavy atom. The van der Waals surface area contributed by atoms with Crippen LogP contribution in [0.2, 0.25) is 0 Å². The summed E-state index contributed by atoms with van der Waals surface area (Å²) in [4.78, 5) is 14.5. The Hall–Kier alpha value is -6.65. The fourth-order valence-corrected chi connectivity index (χ4v) is 6.15. The van der Waals surface area contributed by atoms with Gasteiger partial charge in [0.15, 0.2) is 17.5 Å². The Bertz CT molecular complexity index is 3590. The van der Waals surface area contributed by atoms with Crippen molar-refractivity contribution in [1.29, 1.82) is 0 Å². The van der Waals surface area contributed by atoms with Crippen LogP contribution in [-0.2, 0) is 0 Å². The summed E-state index contributed by atoms with van der Waals surface area (Å²) < 4.78 is 113. The van der Waals surface area contributed by atoms with E-state index in [1.807, 2.05) is 72.8 Å². The number of aromatic nitrogens is 3. The van der Waals surface area contributed by atoms with Gasteiger partial charge in [-0.1, -0.05) is 127 Å². The number of hydrogen-bond donors (Lipinski definition) is 0. The molecule has 2 aromatic heterocycles. The van der Waals surface area contributed by atoms with Gasteiger partial charge in [0.05, 0.1) is 16.4 Å². The second-order valence-corrected chi connectivity index (χ2v) is 11.5. The minimum absolute atomic E-state index is 0.00185. The van der Waals surface area contributed by atoms with Gasteiger partial charge in [-0.05, 0) is 79.7 Å². The average molecular weight is 638 g/mol. The fourth-order valence-electron chi connectivity index (χ4n) is 6.15. The van der Waals surface area contributed by atoms with E-state index in [-0.39, 0.29) is 85.0 Å². The van der Waals surface area contributed by atoms with Gasteiger partial charge in [-0.2, -0.15) is 0 Å². The van der Waals surface area contributed by atoms with Gasteiger partial charge < -0.3 is 4.42 Å². The Morgan fingerprint density at radius 3 is 1.88 bits per heavy atom. The minimum Gasteiger partial charge on any atom is -0.456 e. The van der Waals surface area contributed by atoms with E-state index in [2.05, 4.69) is 0 Å². The Morgan fingerprint density at radius 2 is 1.08 bits per heavy atom. The van der Waals surface area contributed by atoms with E-state index in [1.165, 1.54) is 6.07 Å². The lowest BCUT2D eigenvalue weighted by Crippen LogP contribution is -2.01. The molecule has 49 heavy (non-hydrogen) atoms. The largest absolute Gasteiger partial charge is 0.456 e. The van der Waals surface area contributed by atoms with Crippen molar-refractivity contribution in [3.05, 3.63) is 164 Å². The van der Waals surface area contributed by atoms with Crippen molar-refractivity contribution in [3.8, 4) is 45.3 Å². The predicted octanol–water partition coefficient (Wildman–Crippen LogP) is 11.9. The standard InChI is InChI=1S/C45H27N3O/c1-4-12-31-23-34(20-17-28(31)9-1)37-26-39(42-38-15-7-8-16-40(38)49-41(42)27-37)45-47-43(35-21-18-29-10-2-5-13-32(29)24-35)46-44(48-45)36-22-19-30-11-3-6-14-33(30)25-36/h1-27H/i2D,5D,7D,8D,10D,13D,16D,18D,21D,24D,26D,27D. The van der Waals surface area contributed by atoms with Crippen molar-refractivity contribution in [2.75, 3.05) is 0 Å². The zero-order chi connectivity index (χ0) is 42.8. The van der Waals surface area contributed by atoms with Gasteiger partial charge in [-0.25, -0.2) is 15.0 Å². The topological polar surface area (TPSA) is 51.8 Å². The molecule has 0 N–H and O–H groups in total. The first kappa shape index (κ1) is 18.0. The van der Waals surface area contributed by atoms with E-state index >= 15 is 0 Å². The maximum atomic E-state index is 9.91. The van der Waals surface area contributed by atoms with E-state index in [9.17, 15) is 5.48 Å². The molecule has 4 nitrogen and oxygen atoms in total. The third kappa shape index (κ3) is 4.73. The number of furan rings is 1. The normalized spacial score (nSPS) is 15.1. The van der Waals surface area contributed by atoms with Crippen LogP contribution in [0.4, 0.5) is 0 Å². The first-order chi connectivity index (χ1) is 29.2. The van der Waals surface area contributed by atoms with Crippen LogP contribution >= 0.6 is 0 Å². The van der Waals surface area contributed by atoms with Crippen LogP contribution in [-0.4, -0.2) is 15.0 Å². The van der Waals surface area contributed by atoms with Gasteiger partial charge in [0.2, 0.25) is 0 Å². The molecule has 0 spiro atoms. The fraction of sp³-hybridized carbons (Fsp3) is 0. The summed E-state index contributed by atoms with van der Waals surface area (Å²) in [6.45, 7) is 0. The van der Waals surface area contributed by atoms with Crippen LogP contribution < -0.4 is 0 Å². The van der Waals surface area contributed by atoms with Gasteiger partial charge in [-0.15, -0.1) is 0 Å². The molecule has 0 aliphatic rings. The van der Waals surface area contributed by atoms with Crippen molar-refractivity contribution in [1.82, 2.24) is 15.0 Å². The lowest BCUT2D eigenvalue weighted by molar-refractivity contribution is 0.669. The predicted molar refractivity (Wildman–Crippen MR) is 201 cm³/mol. The molecular formula is C45H27N3O. The highest BCUT2D eigenvalue weighted by molar-refractivity contribution is 6.13. The number of rotatable bonds is 4. The highest BCUT2D eigenvalue weighted by Crippen LogP contribution is 2.40. The first-order valence-corrected chi connectivity index (χ1v) is 15.5. The van der Waals surface area contributed by atoms with E-state index in [4.69, 9.17) is 30.3 Å². The van der Waals surface area contributed by atoms with Gasteiger partial charge in [0.1, 0.15) is 11.2 Å². The van der Waals surface area contributed by atoms with E-state index in [1.54, 1.807) is 12.1 Å². The molecule has 10 aromatic rings. The summed E-state index contributed by atoms with van der Waals surface area (Å²) in [5, 5.41) is 3.19. The maximum Gasteiger partial charge on any atom is 0.164 e. The quantitative estimate of drug-likeness (QED) is 0.193. The van der Waals surface area contributed by atoms with Crippen LogP contribution in [0.25, 0.3) is 99.5 Å². The third-order valence-electron chi connectivity index (χ3n) is 8.53. The maximum absolute atomic E-state index is 9.91. The molecule has 0 fully saturated rings. The van der Waals surface area contributed by atoms with Crippen LogP contribution in [0.1, 0.15) is 16.4 Å². The van der Waals surface area contributed by atoms with Gasteiger partial charge in [0, 0.05) is 27.5 Å². The van der Waals surface area contributed by atoms with Crippen LogP contribution in [0.15, 0.2) is 168 Å². The molecule has 0 atom stereocenters. The summed E-state index contributed by atoms with van der Waals surface area (Å²) in [5.41, 5.74) is 0.621. The third-order valence-corrected chi connectivity index (χ3v) is 8.53. The monoisotopic (exact) mass is 637 g/mol. The molecule has 0 amide bonds. The van der Waals surface area contributed by atoms with Crippen molar-refractivity contribution in [2.24, 2.45) is 0 Å². The van der Waals surface area contributed by atoms with E-state index < -0.39 is 54.4 Å². The molecule has 0 bridgehead atoms. The van der Waals surface area contributed by atoms with Gasteiger partial charge in [0.25, 0.3) is 0 Å². The van der Waals surface area contributed by atoms with Gasteiger partial charge >= 0.3 is 0 Å². The number of nitrogens with zero attached hydrogens (tertiary/aromatic N) is 3. The highest BCUT2D eigenvalue weighted by Gasteiger charge is 2.20. The summed E-state index contributed by atoms with van der Waals surface area (Å²) in [7, 11) is 0. The average Bonchev–Trinajstić information content (AvgIpc) is 3.64. The molecule has 8 aromatic carbocycles. The smallest absolute Gasteiger partial charge is 0.164 e. The summed E-state index contributed by atoms with van der Waals surface area (Å²) >= 11 is 0. The van der Waals surface area contributed by atoms with Crippen molar-refractivity contribution in [2.45, 2.75) is 0 Å². The molecule has 0 saturated heterocycles. The van der Waals surface area contributed by atoms with Crippen molar-refractivity contribution < 1.29 is 20.9 Å². The lowest BCUT2D eigenvalue weighted by Gasteiger charge is -2.12. The molecule has 228 valence electrons. The number of hydrogen-bond acceptors (Lipinski definition) is 4. The molecule has 0 unspecified atom stereocenters. The van der Waals surface area contributed by atoms with E-state index in [0.29, 0.717) is 11.1 Å². The van der Waals surface area contributed by atoms with Gasteiger partial charge in [-0.3, -0.25) is 0 Å². The number of para-hydroxylation sites is 1. The van der Waals surface area contributed by atoms with Crippen molar-refractivity contribution in [3.63, 3.8) is 0 Å². The molecule has 0 aliphatic heterocycles.